The van der Waals surface area contributed by atoms with Gasteiger partial charge in [-0.1, -0.05) is 36.6 Å². The molecule has 0 amide bonds. The lowest BCUT2D eigenvalue weighted by Gasteiger charge is -2.28. The molecule has 1 nitrogen and oxygen atoms in total. The molecule has 0 bridgehead atoms. The van der Waals surface area contributed by atoms with Crippen LogP contribution >= 0.6 is 11.6 Å². The lowest BCUT2D eigenvalue weighted by molar-refractivity contribution is 0.450. The predicted octanol–water partition coefficient (Wildman–Crippen LogP) is 3.25. The molecule has 0 unspecified atom stereocenters. The van der Waals surface area contributed by atoms with Crippen molar-refractivity contribution < 1.29 is 4.39 Å². The van der Waals surface area contributed by atoms with E-state index in [1.165, 1.54) is 6.07 Å². The van der Waals surface area contributed by atoms with Crippen molar-refractivity contribution in [3.63, 3.8) is 0 Å². The summed E-state index contributed by atoms with van der Waals surface area (Å²) < 4.78 is 13.4. The fourth-order valence-corrected chi connectivity index (χ4v) is 2.88. The smallest absolute Gasteiger partial charge is 0.142 e. The van der Waals surface area contributed by atoms with Crippen LogP contribution in [0, 0.1) is 5.82 Å². The lowest BCUT2D eigenvalue weighted by Crippen LogP contribution is -2.32. The van der Waals surface area contributed by atoms with Gasteiger partial charge in [-0.25, -0.2) is 4.39 Å². The largest absolute Gasteiger partial charge is 0.330 e. The van der Waals surface area contributed by atoms with E-state index in [1.807, 2.05) is 6.07 Å². The van der Waals surface area contributed by atoms with Crippen LogP contribution in [0.3, 0.4) is 0 Å². The number of rotatable bonds is 2. The summed E-state index contributed by atoms with van der Waals surface area (Å²) in [5, 5.41) is 0.254. The molecule has 1 aromatic rings. The summed E-state index contributed by atoms with van der Waals surface area (Å²) in [7, 11) is 0. The fraction of sp³-hybridized carbons (Fsp3) is 0.500. The van der Waals surface area contributed by atoms with E-state index in [1.54, 1.807) is 6.07 Å². The first-order valence-electron chi connectivity index (χ1n) is 5.34. The van der Waals surface area contributed by atoms with Crippen molar-refractivity contribution in [2.75, 3.05) is 6.54 Å². The van der Waals surface area contributed by atoms with Crippen molar-refractivity contribution in [2.45, 2.75) is 31.1 Å². The SMILES string of the molecule is NCC1(c2cccc(F)c2Cl)CCCC1. The van der Waals surface area contributed by atoms with Crippen LogP contribution < -0.4 is 5.73 Å². The molecule has 82 valence electrons. The second-order valence-corrected chi connectivity index (χ2v) is 4.67. The summed E-state index contributed by atoms with van der Waals surface area (Å²) in [6, 6.07) is 5.01. The molecule has 0 radical (unpaired) electrons. The zero-order chi connectivity index (χ0) is 10.9. The van der Waals surface area contributed by atoms with Crippen LogP contribution in [0.15, 0.2) is 18.2 Å². The molecular formula is C12H15ClFN. The third-order valence-electron chi connectivity index (χ3n) is 3.47. The van der Waals surface area contributed by atoms with Gasteiger partial charge in [-0.05, 0) is 24.5 Å². The van der Waals surface area contributed by atoms with Gasteiger partial charge in [0.15, 0.2) is 0 Å². The van der Waals surface area contributed by atoms with Gasteiger partial charge in [0.25, 0.3) is 0 Å². The highest BCUT2D eigenvalue weighted by molar-refractivity contribution is 6.31. The fourth-order valence-electron chi connectivity index (χ4n) is 2.55. The lowest BCUT2D eigenvalue weighted by atomic mass is 9.79. The minimum atomic E-state index is -0.339. The van der Waals surface area contributed by atoms with Crippen LogP contribution in [0.1, 0.15) is 31.2 Å². The van der Waals surface area contributed by atoms with Gasteiger partial charge in [0, 0.05) is 12.0 Å². The second kappa shape index (κ2) is 4.11. The maximum Gasteiger partial charge on any atom is 0.142 e. The minimum absolute atomic E-state index is 0.0841. The summed E-state index contributed by atoms with van der Waals surface area (Å²) in [6.07, 6.45) is 4.35. The van der Waals surface area contributed by atoms with Crippen molar-refractivity contribution in [3.8, 4) is 0 Å². The zero-order valence-electron chi connectivity index (χ0n) is 8.60. The number of hydrogen-bond donors (Lipinski definition) is 1. The van der Waals surface area contributed by atoms with Gasteiger partial charge in [0.1, 0.15) is 5.82 Å². The quantitative estimate of drug-likeness (QED) is 0.825. The molecule has 1 aliphatic carbocycles. The highest BCUT2D eigenvalue weighted by Gasteiger charge is 2.36. The van der Waals surface area contributed by atoms with Crippen molar-refractivity contribution in [1.82, 2.24) is 0 Å². The van der Waals surface area contributed by atoms with E-state index in [-0.39, 0.29) is 16.3 Å². The number of benzene rings is 1. The van der Waals surface area contributed by atoms with Crippen molar-refractivity contribution in [1.29, 1.82) is 0 Å². The first-order chi connectivity index (χ1) is 7.19. The summed E-state index contributed by atoms with van der Waals surface area (Å²) in [4.78, 5) is 0. The van der Waals surface area contributed by atoms with Crippen LogP contribution in [-0.4, -0.2) is 6.54 Å². The Labute approximate surface area is 94.4 Å². The number of hydrogen-bond acceptors (Lipinski definition) is 1. The topological polar surface area (TPSA) is 26.0 Å². The molecule has 0 heterocycles. The maximum atomic E-state index is 13.4. The van der Waals surface area contributed by atoms with Gasteiger partial charge in [-0.2, -0.15) is 0 Å². The van der Waals surface area contributed by atoms with Gasteiger partial charge >= 0.3 is 0 Å². The van der Waals surface area contributed by atoms with Gasteiger partial charge in [0.2, 0.25) is 0 Å². The Hall–Kier alpha value is -0.600. The molecule has 0 aromatic heterocycles. The molecular weight excluding hydrogens is 213 g/mol. The van der Waals surface area contributed by atoms with Crippen LogP contribution in [0.5, 0.6) is 0 Å². The second-order valence-electron chi connectivity index (χ2n) is 4.29. The zero-order valence-corrected chi connectivity index (χ0v) is 9.36. The number of halogens is 2. The van der Waals surface area contributed by atoms with Crippen LogP contribution in [0.25, 0.3) is 0 Å². The molecule has 2 N–H and O–H groups in total. The van der Waals surface area contributed by atoms with E-state index >= 15 is 0 Å². The molecule has 0 saturated heterocycles. The Morgan fingerprint density at radius 3 is 2.60 bits per heavy atom. The standard InChI is InChI=1S/C12H15ClFN/c13-11-9(4-3-5-10(11)14)12(8-15)6-1-2-7-12/h3-5H,1-2,6-8,15H2. The third-order valence-corrected chi connectivity index (χ3v) is 3.86. The molecule has 1 fully saturated rings. The van der Waals surface area contributed by atoms with E-state index in [0.717, 1.165) is 31.2 Å². The molecule has 1 aromatic carbocycles. The Morgan fingerprint density at radius 2 is 2.00 bits per heavy atom. The highest BCUT2D eigenvalue weighted by atomic mass is 35.5. The average Bonchev–Trinajstić information content (AvgIpc) is 2.72. The van der Waals surface area contributed by atoms with E-state index in [9.17, 15) is 4.39 Å². The Bertz CT molecular complexity index is 359. The maximum absolute atomic E-state index is 13.4. The summed E-state index contributed by atoms with van der Waals surface area (Å²) in [5.41, 5.74) is 6.65. The van der Waals surface area contributed by atoms with Crippen molar-refractivity contribution in [3.05, 3.63) is 34.6 Å². The molecule has 2 rings (SSSR count). The first kappa shape index (κ1) is 10.9. The van der Waals surface area contributed by atoms with E-state index in [0.29, 0.717) is 6.54 Å². The molecule has 3 heteroatoms. The normalized spacial score (nSPS) is 19.4. The first-order valence-corrected chi connectivity index (χ1v) is 5.72. The molecule has 15 heavy (non-hydrogen) atoms. The van der Waals surface area contributed by atoms with Gasteiger partial charge in [-0.15, -0.1) is 0 Å². The number of nitrogens with two attached hydrogens (primary N) is 1. The predicted molar refractivity (Wildman–Crippen MR) is 60.6 cm³/mol. The van der Waals surface area contributed by atoms with Gasteiger partial charge in [0.05, 0.1) is 5.02 Å². The molecule has 1 aliphatic rings. The highest BCUT2D eigenvalue weighted by Crippen LogP contribution is 2.43. The molecule has 0 spiro atoms. The van der Waals surface area contributed by atoms with Crippen molar-refractivity contribution in [2.24, 2.45) is 5.73 Å². The van der Waals surface area contributed by atoms with Gasteiger partial charge < -0.3 is 5.73 Å². The minimum Gasteiger partial charge on any atom is -0.330 e. The van der Waals surface area contributed by atoms with Crippen LogP contribution in [0.2, 0.25) is 5.02 Å². The summed E-state index contributed by atoms with van der Waals surface area (Å²) in [6.45, 7) is 0.552. The third kappa shape index (κ3) is 1.77. The van der Waals surface area contributed by atoms with Crippen molar-refractivity contribution >= 4 is 11.6 Å². The summed E-state index contributed by atoms with van der Waals surface area (Å²) >= 11 is 6.01. The van der Waals surface area contributed by atoms with E-state index < -0.39 is 0 Å². The Balaban J connectivity index is 2.47. The average molecular weight is 228 g/mol. The van der Waals surface area contributed by atoms with Crippen LogP contribution in [-0.2, 0) is 5.41 Å². The Kier molecular flexibility index (Phi) is 2.98. The molecule has 1 saturated carbocycles. The summed E-state index contributed by atoms with van der Waals surface area (Å²) in [5.74, 6) is -0.339. The monoisotopic (exact) mass is 227 g/mol. The molecule has 0 atom stereocenters. The van der Waals surface area contributed by atoms with Crippen LogP contribution in [0.4, 0.5) is 4.39 Å². The molecule has 0 aliphatic heterocycles. The van der Waals surface area contributed by atoms with E-state index in [2.05, 4.69) is 0 Å². The Morgan fingerprint density at radius 1 is 1.33 bits per heavy atom. The van der Waals surface area contributed by atoms with Gasteiger partial charge in [-0.3, -0.25) is 0 Å². The van der Waals surface area contributed by atoms with E-state index in [4.69, 9.17) is 17.3 Å².